The van der Waals surface area contributed by atoms with Gasteiger partial charge in [0.2, 0.25) is 0 Å². The lowest BCUT2D eigenvalue weighted by atomic mass is 10.1. The predicted octanol–water partition coefficient (Wildman–Crippen LogP) is 2.79. The van der Waals surface area contributed by atoms with E-state index in [0.29, 0.717) is 6.04 Å². The Morgan fingerprint density at radius 3 is 2.95 bits per heavy atom. The third-order valence-corrected chi connectivity index (χ3v) is 3.95. The molecule has 1 aromatic heterocycles. The summed E-state index contributed by atoms with van der Waals surface area (Å²) < 4.78 is 5.46. The van der Waals surface area contributed by atoms with Crippen molar-refractivity contribution in [2.45, 2.75) is 19.5 Å². The maximum absolute atomic E-state index is 5.89. The number of rotatable bonds is 3. The maximum Gasteiger partial charge on any atom is 0.151 e. The molecule has 0 aliphatic carbocycles. The van der Waals surface area contributed by atoms with E-state index < -0.39 is 0 Å². The van der Waals surface area contributed by atoms with Crippen LogP contribution >= 0.6 is 11.6 Å². The van der Waals surface area contributed by atoms with Crippen LogP contribution in [0.3, 0.4) is 0 Å². The van der Waals surface area contributed by atoms with E-state index in [9.17, 15) is 0 Å². The van der Waals surface area contributed by atoms with Crippen LogP contribution in [-0.4, -0.2) is 35.7 Å². The molecule has 1 N–H and O–H groups in total. The number of hydrogen-bond donors (Lipinski definition) is 1. The van der Waals surface area contributed by atoms with E-state index in [0.717, 1.165) is 48.2 Å². The molecule has 20 heavy (non-hydrogen) atoms. The highest BCUT2D eigenvalue weighted by molar-refractivity contribution is 6.30. The average Bonchev–Trinajstić information content (AvgIpc) is 2.91. The Morgan fingerprint density at radius 2 is 2.20 bits per heavy atom. The minimum atomic E-state index is 0.521. The minimum absolute atomic E-state index is 0.521. The highest BCUT2D eigenvalue weighted by Gasteiger charge is 2.19. The molecule has 4 nitrogen and oxygen atoms in total. The molecule has 0 radical (unpaired) electrons. The maximum atomic E-state index is 5.89. The Kier molecular flexibility index (Phi) is 4.05. The van der Waals surface area contributed by atoms with Gasteiger partial charge in [0, 0.05) is 42.3 Å². The molecular weight excluding hydrogens is 274 g/mol. The van der Waals surface area contributed by atoms with Crippen molar-refractivity contribution < 1.29 is 4.52 Å². The van der Waals surface area contributed by atoms with Gasteiger partial charge >= 0.3 is 0 Å². The Balaban J connectivity index is 1.71. The van der Waals surface area contributed by atoms with Gasteiger partial charge in [0.05, 0.1) is 6.54 Å². The first kappa shape index (κ1) is 13.6. The summed E-state index contributed by atoms with van der Waals surface area (Å²) in [6, 6.07) is 10.2. The average molecular weight is 292 g/mol. The van der Waals surface area contributed by atoms with Crippen LogP contribution in [-0.2, 0) is 6.54 Å². The van der Waals surface area contributed by atoms with Gasteiger partial charge in [-0.05, 0) is 19.1 Å². The van der Waals surface area contributed by atoms with Gasteiger partial charge in [-0.1, -0.05) is 28.9 Å². The van der Waals surface area contributed by atoms with Crippen molar-refractivity contribution in [3.63, 3.8) is 0 Å². The Morgan fingerprint density at radius 1 is 1.40 bits per heavy atom. The van der Waals surface area contributed by atoms with E-state index in [1.165, 1.54) is 0 Å². The van der Waals surface area contributed by atoms with Crippen molar-refractivity contribution in [3.05, 3.63) is 41.1 Å². The van der Waals surface area contributed by atoms with Gasteiger partial charge in [0.15, 0.2) is 5.76 Å². The number of piperazine rings is 1. The molecule has 1 saturated heterocycles. The van der Waals surface area contributed by atoms with Gasteiger partial charge in [0.25, 0.3) is 0 Å². The zero-order valence-electron chi connectivity index (χ0n) is 11.5. The summed E-state index contributed by atoms with van der Waals surface area (Å²) in [6.07, 6.45) is 0. The summed E-state index contributed by atoms with van der Waals surface area (Å²) in [5.41, 5.74) is 1.89. The van der Waals surface area contributed by atoms with Crippen molar-refractivity contribution in [1.82, 2.24) is 15.4 Å². The smallest absolute Gasteiger partial charge is 0.151 e. The Labute approximate surface area is 123 Å². The lowest BCUT2D eigenvalue weighted by molar-refractivity contribution is 0.149. The molecule has 0 spiro atoms. The van der Waals surface area contributed by atoms with Gasteiger partial charge in [-0.3, -0.25) is 4.90 Å². The standard InChI is InChI=1S/C15H18ClN3O/c1-11-9-17-6-7-19(11)10-14-8-15(18-20-14)12-2-4-13(16)5-3-12/h2-5,8,11,17H,6-7,9-10H2,1H3/t11-/m1/s1. The van der Waals surface area contributed by atoms with Crippen LogP contribution in [0.1, 0.15) is 12.7 Å². The van der Waals surface area contributed by atoms with Crippen LogP contribution in [0.2, 0.25) is 5.02 Å². The van der Waals surface area contributed by atoms with Crippen LogP contribution in [0.4, 0.5) is 0 Å². The van der Waals surface area contributed by atoms with E-state index in [2.05, 4.69) is 22.3 Å². The van der Waals surface area contributed by atoms with Crippen molar-refractivity contribution in [2.24, 2.45) is 0 Å². The molecule has 0 amide bonds. The summed E-state index contributed by atoms with van der Waals surface area (Å²) >= 11 is 5.89. The zero-order valence-corrected chi connectivity index (χ0v) is 12.2. The second-order valence-electron chi connectivity index (χ2n) is 5.21. The SMILES string of the molecule is C[C@@H]1CNCCN1Cc1cc(-c2ccc(Cl)cc2)no1. The number of halogens is 1. The van der Waals surface area contributed by atoms with Gasteiger partial charge in [0.1, 0.15) is 5.69 Å². The number of hydrogen-bond acceptors (Lipinski definition) is 4. The molecular formula is C15H18ClN3O. The topological polar surface area (TPSA) is 41.3 Å². The molecule has 0 bridgehead atoms. The lowest BCUT2D eigenvalue weighted by Gasteiger charge is -2.32. The summed E-state index contributed by atoms with van der Waals surface area (Å²) in [4.78, 5) is 2.41. The molecule has 1 aliphatic rings. The van der Waals surface area contributed by atoms with E-state index in [1.54, 1.807) is 0 Å². The molecule has 106 valence electrons. The molecule has 2 heterocycles. The first-order chi connectivity index (χ1) is 9.72. The monoisotopic (exact) mass is 291 g/mol. The highest BCUT2D eigenvalue weighted by Crippen LogP contribution is 2.22. The molecule has 1 fully saturated rings. The van der Waals surface area contributed by atoms with E-state index in [4.69, 9.17) is 16.1 Å². The summed E-state index contributed by atoms with van der Waals surface area (Å²) in [7, 11) is 0. The highest BCUT2D eigenvalue weighted by atomic mass is 35.5. The second kappa shape index (κ2) is 5.95. The van der Waals surface area contributed by atoms with Gasteiger partial charge in [-0.15, -0.1) is 0 Å². The number of benzene rings is 1. The number of nitrogens with zero attached hydrogens (tertiary/aromatic N) is 2. The molecule has 5 heteroatoms. The van der Waals surface area contributed by atoms with E-state index in [1.807, 2.05) is 30.3 Å². The molecule has 3 rings (SSSR count). The zero-order chi connectivity index (χ0) is 13.9. The van der Waals surface area contributed by atoms with Crippen molar-refractivity contribution >= 4 is 11.6 Å². The predicted molar refractivity (Wildman–Crippen MR) is 79.7 cm³/mol. The van der Waals surface area contributed by atoms with Crippen LogP contribution in [0.5, 0.6) is 0 Å². The van der Waals surface area contributed by atoms with Crippen LogP contribution in [0.25, 0.3) is 11.3 Å². The van der Waals surface area contributed by atoms with Crippen molar-refractivity contribution in [3.8, 4) is 11.3 Å². The fourth-order valence-corrected chi connectivity index (χ4v) is 2.59. The van der Waals surface area contributed by atoms with Crippen molar-refractivity contribution in [2.75, 3.05) is 19.6 Å². The second-order valence-corrected chi connectivity index (χ2v) is 5.65. The van der Waals surface area contributed by atoms with Gasteiger partial charge in [-0.2, -0.15) is 0 Å². The number of aromatic nitrogens is 1. The van der Waals surface area contributed by atoms with Crippen LogP contribution in [0, 0.1) is 0 Å². The Hall–Kier alpha value is -1.36. The summed E-state index contributed by atoms with van der Waals surface area (Å²) in [6.45, 7) is 6.13. The molecule has 1 aromatic carbocycles. The van der Waals surface area contributed by atoms with Gasteiger partial charge < -0.3 is 9.84 Å². The number of nitrogens with one attached hydrogen (secondary N) is 1. The molecule has 0 saturated carbocycles. The quantitative estimate of drug-likeness (QED) is 0.944. The normalized spacial score (nSPS) is 20.2. The largest absolute Gasteiger partial charge is 0.359 e. The third-order valence-electron chi connectivity index (χ3n) is 3.70. The first-order valence-corrected chi connectivity index (χ1v) is 7.26. The molecule has 1 atom stereocenters. The minimum Gasteiger partial charge on any atom is -0.359 e. The summed E-state index contributed by atoms with van der Waals surface area (Å²) in [5, 5.41) is 8.26. The van der Waals surface area contributed by atoms with E-state index >= 15 is 0 Å². The molecule has 0 unspecified atom stereocenters. The third kappa shape index (κ3) is 3.03. The van der Waals surface area contributed by atoms with E-state index in [-0.39, 0.29) is 0 Å². The lowest BCUT2D eigenvalue weighted by Crippen LogP contribution is -2.49. The fourth-order valence-electron chi connectivity index (χ4n) is 2.46. The molecule has 2 aromatic rings. The van der Waals surface area contributed by atoms with Gasteiger partial charge in [-0.25, -0.2) is 0 Å². The first-order valence-electron chi connectivity index (χ1n) is 6.88. The Bertz CT molecular complexity index is 567. The fraction of sp³-hybridized carbons (Fsp3) is 0.400. The van der Waals surface area contributed by atoms with Crippen LogP contribution < -0.4 is 5.32 Å². The van der Waals surface area contributed by atoms with Crippen LogP contribution in [0.15, 0.2) is 34.9 Å². The van der Waals surface area contributed by atoms with Crippen molar-refractivity contribution in [1.29, 1.82) is 0 Å². The summed E-state index contributed by atoms with van der Waals surface area (Å²) in [5.74, 6) is 0.906. The molecule has 1 aliphatic heterocycles.